The van der Waals surface area contributed by atoms with Gasteiger partial charge in [-0.05, 0) is 30.2 Å². The van der Waals surface area contributed by atoms with Crippen molar-refractivity contribution in [1.82, 2.24) is 5.32 Å². The molecule has 0 unspecified atom stereocenters. The number of hydrogen-bond donors (Lipinski definition) is 2. The highest BCUT2D eigenvalue weighted by molar-refractivity contribution is 7.92. The molecule has 0 atom stereocenters. The number of fused-ring (bicyclic) bond motifs is 1. The number of amides is 1. The van der Waals surface area contributed by atoms with Crippen molar-refractivity contribution in [3.8, 4) is 0 Å². The maximum atomic E-state index is 12.7. The standard InChI is InChI=1S/C20H24N4O6S/c1-30-12-9-21-17-7-6-16(14-19(17)24(26)27)20(25)22-10-13-31(28,29)23-11-8-15-4-2-3-5-18(15)23/h2-7,14,21H,8-13H2,1H3,(H,22,25). The number of ether oxygens (including phenoxy) is 1. The molecule has 2 aromatic rings. The van der Waals surface area contributed by atoms with Gasteiger partial charge in [0.15, 0.2) is 0 Å². The van der Waals surface area contributed by atoms with Crippen LogP contribution < -0.4 is 14.9 Å². The molecule has 0 saturated heterocycles. The summed E-state index contributed by atoms with van der Waals surface area (Å²) in [5, 5.41) is 16.8. The van der Waals surface area contributed by atoms with Crippen LogP contribution in [0.4, 0.5) is 17.1 Å². The summed E-state index contributed by atoms with van der Waals surface area (Å²) in [5.74, 6) is -0.852. The first-order chi connectivity index (χ1) is 14.8. The van der Waals surface area contributed by atoms with Crippen molar-refractivity contribution in [3.05, 3.63) is 63.7 Å². The van der Waals surface area contributed by atoms with Gasteiger partial charge in [0.25, 0.3) is 11.6 Å². The van der Waals surface area contributed by atoms with Crippen LogP contribution in [0, 0.1) is 10.1 Å². The van der Waals surface area contributed by atoms with Crippen molar-refractivity contribution in [2.24, 2.45) is 0 Å². The zero-order chi connectivity index (χ0) is 22.4. The number of anilines is 2. The predicted octanol–water partition coefficient (Wildman–Crippen LogP) is 1.78. The van der Waals surface area contributed by atoms with E-state index >= 15 is 0 Å². The van der Waals surface area contributed by atoms with Crippen molar-refractivity contribution < 1.29 is 22.9 Å². The van der Waals surface area contributed by atoms with Crippen molar-refractivity contribution in [1.29, 1.82) is 0 Å². The third-order valence-corrected chi connectivity index (χ3v) is 6.68. The van der Waals surface area contributed by atoms with E-state index < -0.39 is 20.9 Å². The predicted molar refractivity (Wildman–Crippen MR) is 117 cm³/mol. The molecule has 1 heterocycles. The quantitative estimate of drug-likeness (QED) is 0.322. The fraction of sp³-hybridized carbons (Fsp3) is 0.350. The SMILES string of the molecule is COCCNc1ccc(C(=O)NCCS(=O)(=O)N2CCc3ccccc32)cc1[N+](=O)[O-]. The smallest absolute Gasteiger partial charge is 0.293 e. The van der Waals surface area contributed by atoms with E-state index in [2.05, 4.69) is 10.6 Å². The molecule has 0 aliphatic carbocycles. The second kappa shape index (κ2) is 9.75. The Bertz CT molecular complexity index is 1070. The minimum atomic E-state index is -3.60. The average molecular weight is 449 g/mol. The lowest BCUT2D eigenvalue weighted by Gasteiger charge is -2.19. The Morgan fingerprint density at radius 2 is 2.00 bits per heavy atom. The molecular formula is C20H24N4O6S. The number of rotatable bonds is 10. The molecule has 10 nitrogen and oxygen atoms in total. The molecule has 0 saturated carbocycles. The molecule has 1 aliphatic heterocycles. The van der Waals surface area contributed by atoms with Crippen LogP contribution in [0.1, 0.15) is 15.9 Å². The number of carbonyl (C=O) groups is 1. The topological polar surface area (TPSA) is 131 Å². The van der Waals surface area contributed by atoms with Gasteiger partial charge >= 0.3 is 0 Å². The Labute approximate surface area is 180 Å². The maximum Gasteiger partial charge on any atom is 0.293 e. The van der Waals surface area contributed by atoms with Crippen LogP contribution in [0.5, 0.6) is 0 Å². The van der Waals surface area contributed by atoms with Crippen LogP contribution in [0.15, 0.2) is 42.5 Å². The largest absolute Gasteiger partial charge is 0.383 e. The minimum absolute atomic E-state index is 0.0768. The van der Waals surface area contributed by atoms with Crippen molar-refractivity contribution in [3.63, 3.8) is 0 Å². The molecule has 166 valence electrons. The normalized spacial score (nSPS) is 13.0. The van der Waals surface area contributed by atoms with Gasteiger partial charge < -0.3 is 15.4 Å². The van der Waals surface area contributed by atoms with Gasteiger partial charge in [0.05, 0.1) is 23.0 Å². The van der Waals surface area contributed by atoms with E-state index in [1.165, 1.54) is 23.5 Å². The van der Waals surface area contributed by atoms with E-state index in [9.17, 15) is 23.3 Å². The van der Waals surface area contributed by atoms with Crippen LogP contribution in [-0.4, -0.2) is 58.4 Å². The van der Waals surface area contributed by atoms with Gasteiger partial charge in [-0.15, -0.1) is 0 Å². The summed E-state index contributed by atoms with van der Waals surface area (Å²) in [7, 11) is -2.08. The number of sulfonamides is 1. The summed E-state index contributed by atoms with van der Waals surface area (Å²) in [5.41, 5.74) is 1.74. The Morgan fingerprint density at radius 1 is 1.23 bits per heavy atom. The van der Waals surface area contributed by atoms with Gasteiger partial charge in [0.1, 0.15) is 5.69 Å². The molecule has 0 aromatic heterocycles. The van der Waals surface area contributed by atoms with Gasteiger partial charge in [0, 0.05) is 38.4 Å². The first kappa shape index (κ1) is 22.5. The molecule has 2 N–H and O–H groups in total. The highest BCUT2D eigenvalue weighted by Gasteiger charge is 2.28. The van der Waals surface area contributed by atoms with Gasteiger partial charge in [-0.2, -0.15) is 0 Å². The number of benzene rings is 2. The van der Waals surface area contributed by atoms with Crippen LogP contribution in [0.25, 0.3) is 0 Å². The van der Waals surface area contributed by atoms with Crippen LogP contribution in [-0.2, 0) is 21.2 Å². The Kier molecular flexibility index (Phi) is 7.08. The molecule has 3 rings (SSSR count). The highest BCUT2D eigenvalue weighted by atomic mass is 32.2. The van der Waals surface area contributed by atoms with Gasteiger partial charge in [-0.25, -0.2) is 8.42 Å². The second-order valence-electron chi connectivity index (χ2n) is 6.93. The summed E-state index contributed by atoms with van der Waals surface area (Å²) in [6.07, 6.45) is 0.649. The lowest BCUT2D eigenvalue weighted by Crippen LogP contribution is -2.37. The lowest BCUT2D eigenvalue weighted by atomic mass is 10.1. The van der Waals surface area contributed by atoms with Crippen molar-refractivity contribution in [2.75, 3.05) is 48.7 Å². The zero-order valence-corrected chi connectivity index (χ0v) is 17.9. The molecule has 31 heavy (non-hydrogen) atoms. The van der Waals surface area contributed by atoms with Crippen LogP contribution >= 0.6 is 0 Å². The van der Waals surface area contributed by atoms with Crippen molar-refractivity contribution >= 4 is 33.0 Å². The fourth-order valence-electron chi connectivity index (χ4n) is 3.36. The molecule has 0 spiro atoms. The molecule has 0 bridgehead atoms. The van der Waals surface area contributed by atoms with Gasteiger partial charge in [-0.3, -0.25) is 19.2 Å². The second-order valence-corrected chi connectivity index (χ2v) is 8.94. The molecule has 11 heteroatoms. The Balaban J connectivity index is 1.62. The maximum absolute atomic E-state index is 12.7. The molecule has 1 aliphatic rings. The van der Waals surface area contributed by atoms with E-state index in [1.54, 1.807) is 12.1 Å². The molecular weight excluding hydrogens is 424 g/mol. The number of nitrogens with zero attached hydrogens (tertiary/aromatic N) is 2. The number of hydrogen-bond acceptors (Lipinski definition) is 7. The monoisotopic (exact) mass is 448 g/mol. The highest BCUT2D eigenvalue weighted by Crippen LogP contribution is 2.30. The number of para-hydroxylation sites is 1. The van der Waals surface area contributed by atoms with E-state index in [-0.39, 0.29) is 29.2 Å². The minimum Gasteiger partial charge on any atom is -0.383 e. The van der Waals surface area contributed by atoms with E-state index in [4.69, 9.17) is 4.74 Å². The van der Waals surface area contributed by atoms with Crippen LogP contribution in [0.3, 0.4) is 0 Å². The Morgan fingerprint density at radius 3 is 2.74 bits per heavy atom. The summed E-state index contributed by atoms with van der Waals surface area (Å²) >= 11 is 0. The molecule has 2 aromatic carbocycles. The first-order valence-electron chi connectivity index (χ1n) is 9.71. The molecule has 0 fully saturated rings. The average Bonchev–Trinajstić information content (AvgIpc) is 3.19. The van der Waals surface area contributed by atoms with E-state index in [0.29, 0.717) is 31.8 Å². The first-order valence-corrected chi connectivity index (χ1v) is 11.3. The Hall–Kier alpha value is -3.18. The number of nitro benzene ring substituents is 1. The number of nitrogens with one attached hydrogen (secondary N) is 2. The van der Waals surface area contributed by atoms with E-state index in [1.807, 2.05) is 12.1 Å². The third kappa shape index (κ3) is 5.30. The fourth-order valence-corrected chi connectivity index (χ4v) is 4.79. The van der Waals surface area contributed by atoms with E-state index in [0.717, 1.165) is 11.6 Å². The zero-order valence-electron chi connectivity index (χ0n) is 17.0. The summed E-state index contributed by atoms with van der Waals surface area (Å²) in [6.45, 7) is 1.01. The summed E-state index contributed by atoms with van der Waals surface area (Å²) in [4.78, 5) is 23.2. The van der Waals surface area contributed by atoms with Crippen molar-refractivity contribution in [2.45, 2.75) is 6.42 Å². The molecule has 1 amide bonds. The number of methoxy groups -OCH3 is 1. The van der Waals surface area contributed by atoms with Gasteiger partial charge in [-0.1, -0.05) is 18.2 Å². The summed E-state index contributed by atoms with van der Waals surface area (Å²) < 4.78 is 31.7. The number of nitro groups is 1. The summed E-state index contributed by atoms with van der Waals surface area (Å²) in [6, 6.07) is 11.4. The molecule has 0 radical (unpaired) electrons. The lowest BCUT2D eigenvalue weighted by molar-refractivity contribution is -0.384. The van der Waals surface area contributed by atoms with Gasteiger partial charge in [0.2, 0.25) is 10.0 Å². The number of carbonyl (C=O) groups excluding carboxylic acids is 1. The van der Waals surface area contributed by atoms with Crippen LogP contribution in [0.2, 0.25) is 0 Å². The third-order valence-electron chi connectivity index (χ3n) is 4.90.